The average molecular weight is 308 g/mol. The summed E-state index contributed by atoms with van der Waals surface area (Å²) in [6.07, 6.45) is 1.00. The van der Waals surface area contributed by atoms with Crippen LogP contribution in [0.5, 0.6) is 0 Å². The Morgan fingerprint density at radius 1 is 1.10 bits per heavy atom. The molecular weight excluding hydrogens is 286 g/mol. The van der Waals surface area contributed by atoms with E-state index < -0.39 is 0 Å². The van der Waals surface area contributed by atoms with E-state index in [0.29, 0.717) is 23.4 Å². The zero-order chi connectivity index (χ0) is 15.8. The molecule has 1 N–H and O–H groups in total. The Kier molecular flexibility index (Phi) is 4.16. The average Bonchev–Trinajstić information content (AvgIpc) is 2.33. The molecule has 0 radical (unpaired) electrons. The first-order valence-electron chi connectivity index (χ1n) is 7.20. The molecule has 2 rings (SSSR count). The first-order valence-corrected chi connectivity index (χ1v) is 7.58. The van der Waals surface area contributed by atoms with Crippen molar-refractivity contribution < 1.29 is 9.59 Å². The van der Waals surface area contributed by atoms with Gasteiger partial charge in [-0.3, -0.25) is 9.59 Å². The molecule has 114 valence electrons. The molecule has 1 saturated carbocycles. The van der Waals surface area contributed by atoms with Crippen molar-refractivity contribution in [3.63, 3.8) is 0 Å². The largest absolute Gasteiger partial charge is 0.348 e. The van der Waals surface area contributed by atoms with Crippen molar-refractivity contribution >= 4 is 23.3 Å². The van der Waals surface area contributed by atoms with E-state index in [2.05, 4.69) is 5.32 Å². The Bertz CT molecular complexity index is 541. The number of nitrogens with one attached hydrogen (secondary N) is 1. The summed E-state index contributed by atoms with van der Waals surface area (Å²) in [7, 11) is 0. The Morgan fingerprint density at radius 2 is 1.57 bits per heavy atom. The maximum absolute atomic E-state index is 12.4. The first-order chi connectivity index (χ1) is 9.62. The molecule has 1 amide bonds. The molecule has 0 spiro atoms. The highest BCUT2D eigenvalue weighted by Gasteiger charge is 2.47. The maximum atomic E-state index is 12.4. The summed E-state index contributed by atoms with van der Waals surface area (Å²) in [5, 5.41) is 3.73. The number of benzene rings is 1. The second-order valence-electron chi connectivity index (χ2n) is 7.28. The highest BCUT2D eigenvalue weighted by Crippen LogP contribution is 2.44. The van der Waals surface area contributed by atoms with Gasteiger partial charge in [0.25, 0.3) is 5.91 Å². The van der Waals surface area contributed by atoms with Gasteiger partial charge in [-0.1, -0.05) is 39.3 Å². The van der Waals surface area contributed by atoms with Crippen molar-refractivity contribution in [1.82, 2.24) is 5.32 Å². The molecule has 0 atom stereocenters. The van der Waals surface area contributed by atoms with Gasteiger partial charge in [-0.25, -0.2) is 0 Å². The third-order valence-corrected chi connectivity index (χ3v) is 4.50. The number of Topliss-reactive ketones (excluding diaryl/α,β-unsaturated/α-hetero) is 1. The van der Waals surface area contributed by atoms with Gasteiger partial charge in [0.2, 0.25) is 0 Å². The predicted molar refractivity (Wildman–Crippen MR) is 84.5 cm³/mol. The molecule has 1 aromatic rings. The fourth-order valence-corrected chi connectivity index (χ4v) is 3.67. The van der Waals surface area contributed by atoms with Crippen LogP contribution in [0.25, 0.3) is 0 Å². The van der Waals surface area contributed by atoms with E-state index >= 15 is 0 Å². The van der Waals surface area contributed by atoms with Crippen molar-refractivity contribution in [2.75, 3.05) is 0 Å². The predicted octanol–water partition coefficient (Wildman–Crippen LogP) is 3.85. The minimum atomic E-state index is -0.249. The molecule has 4 heteroatoms. The number of hydrogen-bond donors (Lipinski definition) is 1. The molecule has 0 unspecified atom stereocenters. The Hall–Kier alpha value is -1.35. The van der Waals surface area contributed by atoms with Crippen LogP contribution in [0.15, 0.2) is 24.3 Å². The van der Waals surface area contributed by atoms with E-state index in [1.165, 1.54) is 0 Å². The van der Waals surface area contributed by atoms with Crippen LogP contribution in [0.2, 0.25) is 5.02 Å². The summed E-state index contributed by atoms with van der Waals surface area (Å²) >= 11 is 5.85. The summed E-state index contributed by atoms with van der Waals surface area (Å²) in [6.45, 7) is 8.16. The standard InChI is InChI=1S/C17H22ClNO2/c1-16(2)9-13(20)10-17(3,4)15(16)19-14(21)11-5-7-12(18)8-6-11/h5-8,15H,9-10H2,1-4H3,(H,19,21). The summed E-state index contributed by atoms with van der Waals surface area (Å²) in [6, 6.07) is 6.79. The van der Waals surface area contributed by atoms with Crippen LogP contribution in [-0.4, -0.2) is 17.7 Å². The van der Waals surface area contributed by atoms with E-state index in [-0.39, 0.29) is 28.6 Å². The highest BCUT2D eigenvalue weighted by molar-refractivity contribution is 6.30. The summed E-state index contributed by atoms with van der Waals surface area (Å²) in [4.78, 5) is 24.3. The van der Waals surface area contributed by atoms with E-state index in [9.17, 15) is 9.59 Å². The summed E-state index contributed by atoms with van der Waals surface area (Å²) in [5.41, 5.74) is 0.0878. The van der Waals surface area contributed by atoms with Gasteiger partial charge in [0.05, 0.1) is 0 Å². The molecule has 1 aliphatic carbocycles. The van der Waals surface area contributed by atoms with E-state index in [0.717, 1.165) is 0 Å². The summed E-state index contributed by atoms with van der Waals surface area (Å²) in [5.74, 6) is 0.147. The third kappa shape index (κ3) is 3.46. The lowest BCUT2D eigenvalue weighted by Gasteiger charge is -2.48. The quantitative estimate of drug-likeness (QED) is 0.902. The SMILES string of the molecule is CC1(C)CC(=O)CC(C)(C)C1NC(=O)c1ccc(Cl)cc1. The van der Waals surface area contributed by atoms with Gasteiger partial charge in [0, 0.05) is 29.5 Å². The van der Waals surface area contributed by atoms with Gasteiger partial charge in [-0.05, 0) is 35.1 Å². The third-order valence-electron chi connectivity index (χ3n) is 4.25. The van der Waals surface area contributed by atoms with Crippen LogP contribution in [-0.2, 0) is 4.79 Å². The molecule has 0 aliphatic heterocycles. The number of carbonyl (C=O) groups is 2. The Morgan fingerprint density at radius 3 is 2.05 bits per heavy atom. The monoisotopic (exact) mass is 307 g/mol. The minimum absolute atomic E-state index is 0.0501. The fourth-order valence-electron chi connectivity index (χ4n) is 3.55. The Labute approximate surface area is 131 Å². The van der Waals surface area contributed by atoms with Crippen LogP contribution in [0.3, 0.4) is 0 Å². The fraction of sp³-hybridized carbons (Fsp3) is 0.529. The molecule has 0 heterocycles. The second-order valence-corrected chi connectivity index (χ2v) is 7.72. The van der Waals surface area contributed by atoms with E-state index in [1.54, 1.807) is 24.3 Å². The van der Waals surface area contributed by atoms with Crippen molar-refractivity contribution in [2.24, 2.45) is 10.8 Å². The Balaban J connectivity index is 2.22. The number of hydrogen-bond acceptors (Lipinski definition) is 2. The van der Waals surface area contributed by atoms with Crippen LogP contribution in [0.1, 0.15) is 50.9 Å². The number of halogens is 1. The van der Waals surface area contributed by atoms with Gasteiger partial charge < -0.3 is 5.32 Å². The lowest BCUT2D eigenvalue weighted by Crippen LogP contribution is -2.57. The highest BCUT2D eigenvalue weighted by atomic mass is 35.5. The molecule has 1 fully saturated rings. The molecular formula is C17H22ClNO2. The van der Waals surface area contributed by atoms with E-state index in [4.69, 9.17) is 11.6 Å². The van der Waals surface area contributed by atoms with Crippen molar-refractivity contribution in [1.29, 1.82) is 0 Å². The molecule has 3 nitrogen and oxygen atoms in total. The zero-order valence-electron chi connectivity index (χ0n) is 13.0. The number of carbonyl (C=O) groups excluding carboxylic acids is 2. The zero-order valence-corrected chi connectivity index (χ0v) is 13.8. The van der Waals surface area contributed by atoms with Crippen LogP contribution < -0.4 is 5.32 Å². The van der Waals surface area contributed by atoms with Gasteiger partial charge in [0.15, 0.2) is 0 Å². The van der Waals surface area contributed by atoms with Crippen LogP contribution in [0.4, 0.5) is 0 Å². The van der Waals surface area contributed by atoms with Gasteiger partial charge >= 0.3 is 0 Å². The van der Waals surface area contributed by atoms with Crippen molar-refractivity contribution in [3.05, 3.63) is 34.9 Å². The van der Waals surface area contributed by atoms with Crippen molar-refractivity contribution in [2.45, 2.75) is 46.6 Å². The van der Waals surface area contributed by atoms with Crippen LogP contribution >= 0.6 is 11.6 Å². The lowest BCUT2D eigenvalue weighted by atomic mass is 9.61. The molecule has 0 bridgehead atoms. The second kappa shape index (κ2) is 5.45. The molecule has 21 heavy (non-hydrogen) atoms. The smallest absolute Gasteiger partial charge is 0.251 e. The topological polar surface area (TPSA) is 46.2 Å². The normalized spacial score (nSPS) is 21.1. The molecule has 1 aromatic carbocycles. The van der Waals surface area contributed by atoms with Gasteiger partial charge in [-0.15, -0.1) is 0 Å². The minimum Gasteiger partial charge on any atom is -0.348 e. The molecule has 0 saturated heterocycles. The number of rotatable bonds is 2. The first kappa shape index (κ1) is 16.0. The van der Waals surface area contributed by atoms with Crippen LogP contribution in [0, 0.1) is 10.8 Å². The lowest BCUT2D eigenvalue weighted by molar-refractivity contribution is -0.129. The number of ketones is 1. The van der Waals surface area contributed by atoms with Gasteiger partial charge in [-0.2, -0.15) is 0 Å². The maximum Gasteiger partial charge on any atom is 0.251 e. The summed E-state index contributed by atoms with van der Waals surface area (Å²) < 4.78 is 0. The van der Waals surface area contributed by atoms with Crippen molar-refractivity contribution in [3.8, 4) is 0 Å². The van der Waals surface area contributed by atoms with Gasteiger partial charge in [0.1, 0.15) is 5.78 Å². The number of amides is 1. The van der Waals surface area contributed by atoms with E-state index in [1.807, 2.05) is 27.7 Å². The molecule has 0 aromatic heterocycles. The molecule has 1 aliphatic rings.